The normalized spacial score (nSPS) is 21.2. The number of nitrogens with zero attached hydrogens (tertiary/aromatic N) is 1. The van der Waals surface area contributed by atoms with Gasteiger partial charge in [-0.25, -0.2) is 0 Å². The molecule has 3 heteroatoms. The predicted octanol–water partition coefficient (Wildman–Crippen LogP) is 0.831. The van der Waals surface area contributed by atoms with Crippen molar-refractivity contribution in [3.63, 3.8) is 0 Å². The average Bonchev–Trinajstić information content (AvgIpc) is 2.98. The summed E-state index contributed by atoms with van der Waals surface area (Å²) in [7, 11) is 0. The summed E-state index contributed by atoms with van der Waals surface area (Å²) >= 11 is 0. The van der Waals surface area contributed by atoms with Gasteiger partial charge >= 0.3 is 0 Å². The highest BCUT2D eigenvalue weighted by Gasteiger charge is 2.33. The fraction of sp³-hybridized carbons (Fsp3) is 1.00. The Bertz CT molecular complexity index is 171. The molecule has 0 radical (unpaired) electrons. The zero-order valence-electron chi connectivity index (χ0n) is 9.71. The van der Waals surface area contributed by atoms with Crippen LogP contribution >= 0.6 is 0 Å². The summed E-state index contributed by atoms with van der Waals surface area (Å²) in [6.07, 6.45) is 2.67. The van der Waals surface area contributed by atoms with E-state index in [4.69, 9.17) is 0 Å². The largest absolute Gasteiger partial charge is 0.394 e. The van der Waals surface area contributed by atoms with Crippen molar-refractivity contribution in [2.24, 2.45) is 0 Å². The minimum Gasteiger partial charge on any atom is -0.394 e. The van der Waals surface area contributed by atoms with Crippen molar-refractivity contribution in [1.82, 2.24) is 10.2 Å². The summed E-state index contributed by atoms with van der Waals surface area (Å²) in [5, 5.41) is 12.7. The van der Waals surface area contributed by atoms with Crippen molar-refractivity contribution in [1.29, 1.82) is 0 Å². The van der Waals surface area contributed by atoms with E-state index in [0.717, 1.165) is 25.7 Å². The van der Waals surface area contributed by atoms with Crippen LogP contribution in [0.5, 0.6) is 0 Å². The fourth-order valence-corrected chi connectivity index (χ4v) is 1.98. The van der Waals surface area contributed by atoms with E-state index in [1.165, 1.54) is 12.8 Å². The highest BCUT2D eigenvalue weighted by Crippen LogP contribution is 2.27. The van der Waals surface area contributed by atoms with Crippen molar-refractivity contribution in [2.45, 2.75) is 45.2 Å². The van der Waals surface area contributed by atoms with E-state index in [1.54, 1.807) is 0 Å². The van der Waals surface area contributed by atoms with Crippen LogP contribution in [0, 0.1) is 0 Å². The minimum atomic E-state index is -0.132. The van der Waals surface area contributed by atoms with Gasteiger partial charge < -0.3 is 10.4 Å². The number of hydrogen-bond donors (Lipinski definition) is 2. The Labute approximate surface area is 87.5 Å². The van der Waals surface area contributed by atoms with E-state index in [2.05, 4.69) is 31.0 Å². The molecule has 1 aliphatic rings. The molecule has 1 atom stereocenters. The van der Waals surface area contributed by atoms with Crippen molar-refractivity contribution in [3.8, 4) is 0 Å². The molecule has 2 N–H and O–H groups in total. The average molecular weight is 200 g/mol. The van der Waals surface area contributed by atoms with Crippen LogP contribution in [0.2, 0.25) is 0 Å². The lowest BCUT2D eigenvalue weighted by Crippen LogP contribution is -2.54. The molecule has 1 unspecified atom stereocenters. The first-order valence-corrected chi connectivity index (χ1v) is 5.75. The quantitative estimate of drug-likeness (QED) is 0.639. The van der Waals surface area contributed by atoms with Crippen LogP contribution in [-0.4, -0.2) is 47.8 Å². The maximum absolute atomic E-state index is 9.37. The van der Waals surface area contributed by atoms with E-state index in [0.29, 0.717) is 0 Å². The number of aliphatic hydroxyl groups is 1. The second-order valence-corrected chi connectivity index (χ2v) is 4.54. The number of hydrogen-bond acceptors (Lipinski definition) is 3. The molecule has 0 amide bonds. The predicted molar refractivity (Wildman–Crippen MR) is 59.4 cm³/mol. The summed E-state index contributed by atoms with van der Waals surface area (Å²) in [6.45, 7) is 9.55. The van der Waals surface area contributed by atoms with E-state index < -0.39 is 0 Å². The Morgan fingerprint density at radius 3 is 2.43 bits per heavy atom. The van der Waals surface area contributed by atoms with Gasteiger partial charge in [0.05, 0.1) is 12.1 Å². The lowest BCUT2D eigenvalue weighted by molar-refractivity contribution is 0.120. The second-order valence-electron chi connectivity index (χ2n) is 4.54. The first-order valence-electron chi connectivity index (χ1n) is 5.75. The summed E-state index contributed by atoms with van der Waals surface area (Å²) in [5.74, 6) is 0. The lowest BCUT2D eigenvalue weighted by Gasteiger charge is -2.34. The molecule has 0 aromatic carbocycles. The van der Waals surface area contributed by atoms with Crippen LogP contribution in [0.25, 0.3) is 0 Å². The summed E-state index contributed by atoms with van der Waals surface area (Å²) < 4.78 is 0. The fourth-order valence-electron chi connectivity index (χ4n) is 1.98. The van der Waals surface area contributed by atoms with Crippen LogP contribution in [0.15, 0.2) is 0 Å². The monoisotopic (exact) mass is 200 g/mol. The molecule has 1 rings (SSSR count). The smallest absolute Gasteiger partial charge is 0.0623 e. The van der Waals surface area contributed by atoms with E-state index >= 15 is 0 Å². The van der Waals surface area contributed by atoms with Gasteiger partial charge in [-0.15, -0.1) is 0 Å². The van der Waals surface area contributed by atoms with E-state index in [-0.39, 0.29) is 12.1 Å². The van der Waals surface area contributed by atoms with Crippen LogP contribution in [0.3, 0.4) is 0 Å². The number of aliphatic hydroxyl groups excluding tert-OH is 1. The van der Waals surface area contributed by atoms with Gasteiger partial charge in [-0.05, 0) is 32.9 Å². The molecular formula is C11H24N2O. The van der Waals surface area contributed by atoms with Crippen molar-refractivity contribution in [3.05, 3.63) is 0 Å². The van der Waals surface area contributed by atoms with Gasteiger partial charge in [-0.3, -0.25) is 4.90 Å². The molecule has 1 aliphatic carbocycles. The Morgan fingerprint density at radius 1 is 1.43 bits per heavy atom. The Balaban J connectivity index is 2.43. The summed E-state index contributed by atoms with van der Waals surface area (Å²) in [6, 6.07) is 0.782. The van der Waals surface area contributed by atoms with Crippen LogP contribution in [0.4, 0.5) is 0 Å². The van der Waals surface area contributed by atoms with Crippen LogP contribution < -0.4 is 5.32 Å². The van der Waals surface area contributed by atoms with Gasteiger partial charge in [-0.1, -0.05) is 13.8 Å². The lowest BCUT2D eigenvalue weighted by atomic mass is 10.0. The molecule has 0 saturated heterocycles. The number of nitrogens with one attached hydrogen (secondary N) is 1. The van der Waals surface area contributed by atoms with Gasteiger partial charge in [0.1, 0.15) is 0 Å². The minimum absolute atomic E-state index is 0.132. The van der Waals surface area contributed by atoms with Crippen LogP contribution in [-0.2, 0) is 0 Å². The van der Waals surface area contributed by atoms with Crippen molar-refractivity contribution in [2.75, 3.05) is 26.2 Å². The Kier molecular flexibility index (Phi) is 4.35. The van der Waals surface area contributed by atoms with Gasteiger partial charge in [0, 0.05) is 12.6 Å². The molecule has 14 heavy (non-hydrogen) atoms. The molecule has 3 nitrogen and oxygen atoms in total. The van der Waals surface area contributed by atoms with Crippen molar-refractivity contribution < 1.29 is 5.11 Å². The van der Waals surface area contributed by atoms with E-state index in [9.17, 15) is 5.11 Å². The summed E-state index contributed by atoms with van der Waals surface area (Å²) in [4.78, 5) is 2.47. The molecule has 1 saturated carbocycles. The molecule has 0 aromatic rings. The van der Waals surface area contributed by atoms with Gasteiger partial charge in [0.2, 0.25) is 0 Å². The van der Waals surface area contributed by atoms with Gasteiger partial charge in [0.15, 0.2) is 0 Å². The second kappa shape index (κ2) is 5.10. The third-order valence-corrected chi connectivity index (χ3v) is 2.97. The zero-order chi connectivity index (χ0) is 10.6. The molecule has 0 bridgehead atoms. The zero-order valence-corrected chi connectivity index (χ0v) is 9.71. The SMILES string of the molecule is CCNC(C)(CO)CN(CC)C1CC1. The van der Waals surface area contributed by atoms with Gasteiger partial charge in [-0.2, -0.15) is 0 Å². The molecular weight excluding hydrogens is 176 g/mol. The maximum Gasteiger partial charge on any atom is 0.0623 e. The highest BCUT2D eigenvalue weighted by atomic mass is 16.3. The summed E-state index contributed by atoms with van der Waals surface area (Å²) in [5.41, 5.74) is -0.132. The molecule has 1 fully saturated rings. The highest BCUT2D eigenvalue weighted by molar-refractivity contribution is 4.91. The molecule has 0 heterocycles. The first-order chi connectivity index (χ1) is 6.65. The molecule has 0 aromatic heterocycles. The maximum atomic E-state index is 9.37. The standard InChI is InChI=1S/C11H24N2O/c1-4-12-11(3,9-14)8-13(5-2)10-6-7-10/h10,12,14H,4-9H2,1-3H3. The topological polar surface area (TPSA) is 35.5 Å². The van der Waals surface area contributed by atoms with E-state index in [1.807, 2.05) is 0 Å². The van der Waals surface area contributed by atoms with Gasteiger partial charge in [0.25, 0.3) is 0 Å². The van der Waals surface area contributed by atoms with Crippen molar-refractivity contribution >= 4 is 0 Å². The number of likely N-dealkylation sites (N-methyl/N-ethyl adjacent to an activating group) is 2. The Morgan fingerprint density at radius 2 is 2.07 bits per heavy atom. The molecule has 0 aliphatic heterocycles. The third-order valence-electron chi connectivity index (χ3n) is 2.97. The van der Waals surface area contributed by atoms with Crippen LogP contribution in [0.1, 0.15) is 33.6 Å². The third kappa shape index (κ3) is 3.23. The molecule has 0 spiro atoms. The molecule has 84 valence electrons. The number of rotatable bonds is 7. The Hall–Kier alpha value is -0.120. The first kappa shape index (κ1) is 12.0.